The molecule has 136 valence electrons. The Morgan fingerprint density at radius 1 is 1.15 bits per heavy atom. The van der Waals surface area contributed by atoms with Crippen molar-refractivity contribution in [3.63, 3.8) is 0 Å². The summed E-state index contributed by atoms with van der Waals surface area (Å²) in [6.07, 6.45) is 5.20. The van der Waals surface area contributed by atoms with Crippen molar-refractivity contribution in [2.75, 3.05) is 13.1 Å². The van der Waals surface area contributed by atoms with Gasteiger partial charge in [-0.25, -0.2) is 0 Å². The van der Waals surface area contributed by atoms with Gasteiger partial charge in [-0.1, -0.05) is 24.3 Å². The van der Waals surface area contributed by atoms with Crippen molar-refractivity contribution < 1.29 is 14.7 Å². The molecular formula is C20H23N3O3. The fraction of sp³-hybridized carbons (Fsp3) is 0.450. The van der Waals surface area contributed by atoms with Gasteiger partial charge in [-0.3, -0.25) is 14.3 Å². The van der Waals surface area contributed by atoms with Crippen molar-refractivity contribution in [1.29, 1.82) is 0 Å². The molecular weight excluding hydrogens is 330 g/mol. The topological polar surface area (TPSA) is 75.4 Å². The van der Waals surface area contributed by atoms with E-state index in [0.29, 0.717) is 6.54 Å². The molecule has 1 N–H and O–H groups in total. The number of amides is 1. The van der Waals surface area contributed by atoms with Crippen LogP contribution in [0.4, 0.5) is 0 Å². The van der Waals surface area contributed by atoms with Crippen LogP contribution < -0.4 is 0 Å². The van der Waals surface area contributed by atoms with E-state index in [-0.39, 0.29) is 24.3 Å². The van der Waals surface area contributed by atoms with Gasteiger partial charge in [-0.15, -0.1) is 0 Å². The van der Waals surface area contributed by atoms with E-state index in [1.54, 1.807) is 10.9 Å². The number of aliphatic carboxylic acids is 1. The number of hydrogen-bond acceptors (Lipinski definition) is 3. The molecule has 26 heavy (non-hydrogen) atoms. The highest BCUT2D eigenvalue weighted by Gasteiger charge is 2.33. The quantitative estimate of drug-likeness (QED) is 0.913. The minimum atomic E-state index is -0.901. The van der Waals surface area contributed by atoms with Gasteiger partial charge in [0, 0.05) is 36.8 Å². The van der Waals surface area contributed by atoms with Crippen molar-refractivity contribution >= 4 is 11.9 Å². The van der Waals surface area contributed by atoms with E-state index in [4.69, 9.17) is 5.11 Å². The summed E-state index contributed by atoms with van der Waals surface area (Å²) in [5.74, 6) is -0.481. The molecule has 1 atom stereocenters. The molecule has 0 spiro atoms. The van der Waals surface area contributed by atoms with Crippen molar-refractivity contribution in [2.45, 2.75) is 38.1 Å². The van der Waals surface area contributed by atoms with Crippen LogP contribution in [0.5, 0.6) is 0 Å². The Kier molecular flexibility index (Phi) is 4.49. The lowest BCUT2D eigenvalue weighted by molar-refractivity contribution is -0.138. The van der Waals surface area contributed by atoms with Crippen molar-refractivity contribution in [3.05, 3.63) is 53.3 Å². The number of likely N-dealkylation sites (tertiary alicyclic amines) is 1. The van der Waals surface area contributed by atoms with Crippen LogP contribution in [0, 0.1) is 5.92 Å². The summed E-state index contributed by atoms with van der Waals surface area (Å²) in [5.41, 5.74) is 3.50. The summed E-state index contributed by atoms with van der Waals surface area (Å²) in [6, 6.07) is 10.2. The summed E-state index contributed by atoms with van der Waals surface area (Å²) in [6.45, 7) is 1.30. The van der Waals surface area contributed by atoms with Gasteiger partial charge in [0.25, 0.3) is 0 Å². The zero-order valence-electron chi connectivity index (χ0n) is 14.7. The van der Waals surface area contributed by atoms with Crippen LogP contribution in [0.3, 0.4) is 0 Å². The third-order valence-electron chi connectivity index (χ3n) is 5.59. The lowest BCUT2D eigenvalue weighted by Gasteiger charge is -2.34. The van der Waals surface area contributed by atoms with E-state index >= 15 is 0 Å². The lowest BCUT2D eigenvalue weighted by Crippen LogP contribution is -2.43. The molecule has 6 heteroatoms. The van der Waals surface area contributed by atoms with Crippen LogP contribution in [0.15, 0.2) is 36.5 Å². The highest BCUT2D eigenvalue weighted by Crippen LogP contribution is 2.31. The minimum Gasteiger partial charge on any atom is -0.480 e. The van der Waals surface area contributed by atoms with Crippen molar-refractivity contribution in [1.82, 2.24) is 14.7 Å². The van der Waals surface area contributed by atoms with E-state index in [9.17, 15) is 9.59 Å². The fourth-order valence-electron chi connectivity index (χ4n) is 4.36. The number of carboxylic acids is 1. The number of aromatic nitrogens is 2. The van der Waals surface area contributed by atoms with Crippen LogP contribution in [0.25, 0.3) is 0 Å². The maximum atomic E-state index is 13.1. The molecule has 6 nitrogen and oxygen atoms in total. The Balaban J connectivity index is 1.45. The third kappa shape index (κ3) is 3.23. The molecule has 0 bridgehead atoms. The Labute approximate surface area is 152 Å². The van der Waals surface area contributed by atoms with E-state index in [0.717, 1.165) is 37.9 Å². The maximum Gasteiger partial charge on any atom is 0.325 e. The molecule has 4 rings (SSSR count). The predicted octanol–water partition coefficient (Wildman–Crippen LogP) is 2.09. The molecule has 0 unspecified atom stereocenters. The van der Waals surface area contributed by atoms with Gasteiger partial charge < -0.3 is 10.0 Å². The maximum absolute atomic E-state index is 13.1. The second kappa shape index (κ2) is 6.94. The highest BCUT2D eigenvalue weighted by atomic mass is 16.4. The Morgan fingerprint density at radius 2 is 1.88 bits per heavy atom. The van der Waals surface area contributed by atoms with Gasteiger partial charge >= 0.3 is 5.97 Å². The van der Waals surface area contributed by atoms with Gasteiger partial charge in [0.1, 0.15) is 6.54 Å². The second-order valence-corrected chi connectivity index (χ2v) is 7.30. The lowest BCUT2D eigenvalue weighted by atomic mass is 9.93. The number of carbonyl (C=O) groups excluding carboxylic acids is 1. The Bertz CT molecular complexity index is 804. The monoisotopic (exact) mass is 353 g/mol. The Morgan fingerprint density at radius 3 is 2.58 bits per heavy atom. The molecule has 1 aromatic heterocycles. The van der Waals surface area contributed by atoms with Crippen LogP contribution in [-0.2, 0) is 29.0 Å². The fourth-order valence-corrected chi connectivity index (χ4v) is 4.36. The number of benzene rings is 1. The van der Waals surface area contributed by atoms with E-state index < -0.39 is 5.97 Å². The summed E-state index contributed by atoms with van der Waals surface area (Å²) >= 11 is 0. The molecule has 1 aliphatic heterocycles. The SMILES string of the molecule is O=C(O)Cn1nccc1[C@@H]1CCCN(C(=O)C2Cc3ccccc3C2)C1. The number of fused-ring (bicyclic) bond motifs is 1. The molecule has 0 radical (unpaired) electrons. The summed E-state index contributed by atoms with van der Waals surface area (Å²) in [5, 5.41) is 13.2. The van der Waals surface area contributed by atoms with Crippen LogP contribution in [0.2, 0.25) is 0 Å². The normalized spacial score (nSPS) is 20.2. The standard InChI is InChI=1S/C20H23N3O3/c24-19(25)13-23-18(7-8-21-23)16-6-3-9-22(12-16)20(26)17-10-14-4-1-2-5-15(14)11-17/h1-2,4-5,7-8,16-17H,3,6,9-13H2,(H,24,25)/t16-/m1/s1. The third-order valence-corrected chi connectivity index (χ3v) is 5.59. The molecule has 1 saturated heterocycles. The zero-order chi connectivity index (χ0) is 18.1. The summed E-state index contributed by atoms with van der Waals surface area (Å²) in [4.78, 5) is 26.1. The highest BCUT2D eigenvalue weighted by molar-refractivity contribution is 5.80. The van der Waals surface area contributed by atoms with Gasteiger partial charge in [0.05, 0.1) is 0 Å². The average Bonchev–Trinajstić information content (AvgIpc) is 3.27. The van der Waals surface area contributed by atoms with Gasteiger partial charge in [-0.2, -0.15) is 5.10 Å². The van der Waals surface area contributed by atoms with E-state index in [2.05, 4.69) is 17.2 Å². The number of hydrogen-bond donors (Lipinski definition) is 1. The first-order valence-electron chi connectivity index (χ1n) is 9.21. The number of nitrogens with zero attached hydrogens (tertiary/aromatic N) is 3. The van der Waals surface area contributed by atoms with Crippen molar-refractivity contribution in [3.8, 4) is 0 Å². The van der Waals surface area contributed by atoms with Crippen LogP contribution >= 0.6 is 0 Å². The molecule has 1 aromatic carbocycles. The first-order valence-corrected chi connectivity index (χ1v) is 9.21. The number of carbonyl (C=O) groups is 2. The summed E-state index contributed by atoms with van der Waals surface area (Å²) in [7, 11) is 0. The molecule has 2 heterocycles. The Hall–Kier alpha value is -2.63. The van der Waals surface area contributed by atoms with Crippen molar-refractivity contribution in [2.24, 2.45) is 5.92 Å². The molecule has 2 aliphatic rings. The van der Waals surface area contributed by atoms with Crippen LogP contribution in [0.1, 0.15) is 35.6 Å². The minimum absolute atomic E-state index is 0.0371. The van der Waals surface area contributed by atoms with Crippen LogP contribution in [-0.4, -0.2) is 44.8 Å². The number of rotatable bonds is 4. The second-order valence-electron chi connectivity index (χ2n) is 7.30. The summed E-state index contributed by atoms with van der Waals surface area (Å²) < 4.78 is 1.55. The average molecular weight is 353 g/mol. The number of carboxylic acid groups (broad SMARTS) is 1. The van der Waals surface area contributed by atoms with Gasteiger partial charge in [-0.05, 0) is 42.9 Å². The molecule has 2 aromatic rings. The zero-order valence-corrected chi connectivity index (χ0v) is 14.7. The van der Waals surface area contributed by atoms with E-state index in [1.807, 2.05) is 23.1 Å². The van der Waals surface area contributed by atoms with E-state index in [1.165, 1.54) is 11.1 Å². The first kappa shape index (κ1) is 16.8. The first-order chi connectivity index (χ1) is 12.6. The molecule has 1 aliphatic carbocycles. The molecule has 0 saturated carbocycles. The number of piperidine rings is 1. The van der Waals surface area contributed by atoms with Gasteiger partial charge in [0.15, 0.2) is 0 Å². The molecule has 1 fully saturated rings. The largest absolute Gasteiger partial charge is 0.480 e. The van der Waals surface area contributed by atoms with Gasteiger partial charge in [0.2, 0.25) is 5.91 Å². The predicted molar refractivity (Wildman–Crippen MR) is 95.8 cm³/mol. The smallest absolute Gasteiger partial charge is 0.325 e. The molecule has 1 amide bonds.